The predicted octanol–water partition coefficient (Wildman–Crippen LogP) is 1.30. The summed E-state index contributed by atoms with van der Waals surface area (Å²) < 4.78 is 0. The quantitative estimate of drug-likeness (QED) is 0.571. The first kappa shape index (κ1) is 9.78. The van der Waals surface area contributed by atoms with Crippen LogP contribution in [0.1, 0.15) is 17.3 Å². The highest BCUT2D eigenvalue weighted by Crippen LogP contribution is 2.00. The number of benzene rings is 1. The highest BCUT2D eigenvalue weighted by Gasteiger charge is 2.13. The second-order valence-corrected chi connectivity index (χ2v) is 3.57. The van der Waals surface area contributed by atoms with Crippen molar-refractivity contribution in [2.24, 2.45) is 0 Å². The SMILES string of the molecule is CC(=O)c1ccc(B2C=CC=CN2)cc1. The van der Waals surface area contributed by atoms with Gasteiger partial charge in [0.05, 0.1) is 0 Å². The molecule has 74 valence electrons. The van der Waals surface area contributed by atoms with Crippen LogP contribution < -0.4 is 10.7 Å². The van der Waals surface area contributed by atoms with Crippen LogP contribution in [0.15, 0.2) is 48.6 Å². The molecule has 0 aliphatic carbocycles. The number of carbonyl (C=O) groups is 1. The van der Waals surface area contributed by atoms with E-state index in [0.717, 1.165) is 5.56 Å². The molecule has 2 nitrogen and oxygen atoms in total. The summed E-state index contributed by atoms with van der Waals surface area (Å²) in [5.41, 5.74) is 1.93. The Balaban J connectivity index is 2.20. The number of carbonyl (C=O) groups excluding carboxylic acids is 1. The van der Waals surface area contributed by atoms with Crippen LogP contribution >= 0.6 is 0 Å². The van der Waals surface area contributed by atoms with Gasteiger partial charge in [-0.2, -0.15) is 0 Å². The minimum absolute atomic E-state index is 0.105. The lowest BCUT2D eigenvalue weighted by Gasteiger charge is -2.12. The van der Waals surface area contributed by atoms with E-state index in [4.69, 9.17) is 0 Å². The predicted molar refractivity (Wildman–Crippen MR) is 63.3 cm³/mol. The molecule has 0 bridgehead atoms. The van der Waals surface area contributed by atoms with Crippen molar-refractivity contribution in [3.8, 4) is 0 Å². The van der Waals surface area contributed by atoms with Crippen molar-refractivity contribution in [2.45, 2.75) is 6.92 Å². The largest absolute Gasteiger partial charge is 0.427 e. The Kier molecular flexibility index (Phi) is 2.72. The van der Waals surface area contributed by atoms with Gasteiger partial charge in [0.1, 0.15) is 0 Å². The zero-order valence-electron chi connectivity index (χ0n) is 8.60. The molecule has 0 saturated heterocycles. The van der Waals surface area contributed by atoms with Crippen LogP contribution in [0.4, 0.5) is 0 Å². The van der Waals surface area contributed by atoms with Crippen LogP contribution in [0.25, 0.3) is 0 Å². The van der Waals surface area contributed by atoms with Gasteiger partial charge >= 0.3 is 6.85 Å². The lowest BCUT2D eigenvalue weighted by Crippen LogP contribution is -2.41. The van der Waals surface area contributed by atoms with E-state index in [0.29, 0.717) is 0 Å². The van der Waals surface area contributed by atoms with E-state index in [-0.39, 0.29) is 12.6 Å². The first-order chi connectivity index (χ1) is 7.27. The average molecular weight is 197 g/mol. The van der Waals surface area contributed by atoms with E-state index in [9.17, 15) is 4.79 Å². The number of nitrogens with one attached hydrogen (secondary N) is 1. The standard InChI is InChI=1S/C12H12BNO/c1-10(15)11-4-6-12(7-5-11)13-8-2-3-9-14-13/h2-9,14H,1H3. The second-order valence-electron chi connectivity index (χ2n) is 3.57. The first-order valence-electron chi connectivity index (χ1n) is 4.97. The third-order valence-electron chi connectivity index (χ3n) is 2.46. The van der Waals surface area contributed by atoms with E-state index in [1.807, 2.05) is 42.6 Å². The molecule has 1 N–H and O–H groups in total. The molecule has 1 aromatic carbocycles. The molecule has 3 heteroatoms. The normalized spacial score (nSPS) is 13.8. The lowest BCUT2D eigenvalue weighted by atomic mass is 9.55. The molecule has 1 aromatic rings. The minimum atomic E-state index is 0.105. The maximum absolute atomic E-state index is 11.1. The van der Waals surface area contributed by atoms with Gasteiger partial charge in [0.15, 0.2) is 5.78 Å². The fourth-order valence-electron chi connectivity index (χ4n) is 1.58. The summed E-state index contributed by atoms with van der Waals surface area (Å²) in [5, 5.41) is 3.23. The number of hydrogen-bond acceptors (Lipinski definition) is 2. The van der Waals surface area contributed by atoms with E-state index < -0.39 is 0 Å². The number of allylic oxidation sites excluding steroid dienone is 2. The van der Waals surface area contributed by atoms with Crippen LogP contribution in [0, 0.1) is 0 Å². The number of ketones is 1. The Bertz CT molecular complexity index is 420. The van der Waals surface area contributed by atoms with Crippen LogP contribution in [-0.4, -0.2) is 12.6 Å². The highest BCUT2D eigenvalue weighted by atomic mass is 16.1. The monoisotopic (exact) mass is 197 g/mol. The van der Waals surface area contributed by atoms with E-state index >= 15 is 0 Å². The Morgan fingerprint density at radius 3 is 2.47 bits per heavy atom. The summed E-state index contributed by atoms with van der Waals surface area (Å²) in [6.07, 6.45) is 5.89. The van der Waals surface area contributed by atoms with Gasteiger partial charge < -0.3 is 5.23 Å². The maximum atomic E-state index is 11.1. The van der Waals surface area contributed by atoms with Crippen LogP contribution in [0.2, 0.25) is 0 Å². The molecule has 1 aliphatic rings. The summed E-state index contributed by atoms with van der Waals surface area (Å²) in [4.78, 5) is 11.1. The molecule has 0 spiro atoms. The van der Waals surface area contributed by atoms with E-state index in [1.54, 1.807) is 6.92 Å². The van der Waals surface area contributed by atoms with Crippen molar-refractivity contribution in [1.82, 2.24) is 5.23 Å². The number of Topliss-reactive ketones (excluding diaryl/α,β-unsaturated/α-hetero) is 1. The number of rotatable bonds is 2. The van der Waals surface area contributed by atoms with Gasteiger partial charge in [-0.15, -0.1) is 0 Å². The minimum Gasteiger partial charge on any atom is -0.427 e. The fourth-order valence-corrected chi connectivity index (χ4v) is 1.58. The first-order valence-corrected chi connectivity index (χ1v) is 4.97. The molecular weight excluding hydrogens is 185 g/mol. The smallest absolute Gasteiger partial charge is 0.312 e. The van der Waals surface area contributed by atoms with Crippen molar-refractivity contribution >= 4 is 18.1 Å². The molecule has 0 atom stereocenters. The molecule has 0 fully saturated rings. The molecule has 0 radical (unpaired) electrons. The van der Waals surface area contributed by atoms with Crippen LogP contribution in [0.3, 0.4) is 0 Å². The van der Waals surface area contributed by atoms with Gasteiger partial charge in [0, 0.05) is 5.56 Å². The van der Waals surface area contributed by atoms with Gasteiger partial charge in [0.25, 0.3) is 0 Å². The summed E-state index contributed by atoms with van der Waals surface area (Å²) in [7, 11) is 0. The molecule has 1 heterocycles. The highest BCUT2D eigenvalue weighted by molar-refractivity contribution is 6.76. The Hall–Kier alpha value is -1.77. The van der Waals surface area contributed by atoms with Crippen molar-refractivity contribution < 1.29 is 4.79 Å². The summed E-state index contributed by atoms with van der Waals surface area (Å²) in [6, 6.07) is 7.70. The Morgan fingerprint density at radius 1 is 1.20 bits per heavy atom. The second kappa shape index (κ2) is 4.17. The Labute approximate surface area is 89.8 Å². The summed E-state index contributed by atoms with van der Waals surface area (Å²) in [6.45, 7) is 1.80. The molecule has 2 rings (SSSR count). The Morgan fingerprint density at radius 2 is 1.93 bits per heavy atom. The summed E-state index contributed by atoms with van der Waals surface area (Å²) in [5.74, 6) is 2.19. The van der Waals surface area contributed by atoms with Crippen molar-refractivity contribution in [3.05, 3.63) is 54.2 Å². The van der Waals surface area contributed by atoms with Gasteiger partial charge in [-0.1, -0.05) is 41.8 Å². The molecular formula is C12H12BNO. The van der Waals surface area contributed by atoms with Gasteiger partial charge in [-0.25, -0.2) is 0 Å². The zero-order valence-corrected chi connectivity index (χ0v) is 8.60. The van der Waals surface area contributed by atoms with E-state index in [1.165, 1.54) is 5.46 Å². The van der Waals surface area contributed by atoms with Crippen molar-refractivity contribution in [1.29, 1.82) is 0 Å². The van der Waals surface area contributed by atoms with Crippen molar-refractivity contribution in [2.75, 3.05) is 0 Å². The van der Waals surface area contributed by atoms with Gasteiger partial charge in [-0.3, -0.25) is 4.79 Å². The molecule has 0 amide bonds. The molecule has 0 saturated carbocycles. The van der Waals surface area contributed by atoms with Crippen molar-refractivity contribution in [3.63, 3.8) is 0 Å². The zero-order chi connectivity index (χ0) is 10.7. The number of hydrogen-bond donors (Lipinski definition) is 1. The average Bonchev–Trinajstić information content (AvgIpc) is 2.30. The molecule has 1 aliphatic heterocycles. The van der Waals surface area contributed by atoms with E-state index in [2.05, 4.69) is 11.2 Å². The maximum Gasteiger partial charge on any atom is 0.312 e. The summed E-state index contributed by atoms with van der Waals surface area (Å²) >= 11 is 0. The third-order valence-corrected chi connectivity index (χ3v) is 2.46. The van der Waals surface area contributed by atoms with Gasteiger partial charge in [-0.05, 0) is 19.2 Å². The fraction of sp³-hybridized carbons (Fsp3) is 0.0833. The van der Waals surface area contributed by atoms with Crippen LogP contribution in [-0.2, 0) is 0 Å². The third kappa shape index (κ3) is 2.18. The topological polar surface area (TPSA) is 29.1 Å². The molecule has 15 heavy (non-hydrogen) atoms. The lowest BCUT2D eigenvalue weighted by molar-refractivity contribution is 0.101. The van der Waals surface area contributed by atoms with Gasteiger partial charge in [0.2, 0.25) is 0 Å². The molecule has 0 aromatic heterocycles. The molecule has 0 unspecified atom stereocenters. The van der Waals surface area contributed by atoms with Crippen LogP contribution in [0.5, 0.6) is 0 Å².